The Morgan fingerprint density at radius 2 is 1.81 bits per heavy atom. The molecule has 0 fully saturated rings. The molecule has 2 aromatic heterocycles. The van der Waals surface area contributed by atoms with Crippen molar-refractivity contribution in [2.24, 2.45) is 17.4 Å². The summed E-state index contributed by atoms with van der Waals surface area (Å²) in [5.74, 6) is 0.773. The van der Waals surface area contributed by atoms with E-state index in [4.69, 9.17) is 4.74 Å². The number of ether oxygens (including phenoxy) is 1. The molecule has 4 aromatic rings. The van der Waals surface area contributed by atoms with Gasteiger partial charge in [-0.15, -0.1) is 4.70 Å². The number of halogens is 1. The van der Waals surface area contributed by atoms with Gasteiger partial charge in [0.05, 0.1) is 10.7 Å². The highest BCUT2D eigenvalue weighted by molar-refractivity contribution is 7.22. The average molecular weight is 520 g/mol. The van der Waals surface area contributed by atoms with Gasteiger partial charge in [0.15, 0.2) is 12.3 Å². The van der Waals surface area contributed by atoms with E-state index in [0.717, 1.165) is 21.7 Å². The molecule has 7 nitrogen and oxygen atoms in total. The molecule has 1 aliphatic rings. The molecule has 0 amide bonds. The average Bonchev–Trinajstić information content (AvgIpc) is 3.45. The SMILES string of the molecule is CC1=NN=[N+](c2cc3c(-c4cc(C(C)(C)O)ccc4Oc4c(C)cc(F)cc4C)cn(C)c(=O)c3s2)C1. The number of aromatic nitrogens is 1. The summed E-state index contributed by atoms with van der Waals surface area (Å²) in [6.07, 6.45) is 1.78. The monoisotopic (exact) mass is 519 g/mol. The van der Waals surface area contributed by atoms with E-state index >= 15 is 0 Å². The molecule has 0 unspecified atom stereocenters. The number of hydrogen-bond acceptors (Lipinski definition) is 6. The first-order chi connectivity index (χ1) is 17.4. The molecule has 0 spiro atoms. The van der Waals surface area contributed by atoms with E-state index < -0.39 is 5.60 Å². The van der Waals surface area contributed by atoms with Crippen LogP contribution in [0.4, 0.5) is 9.39 Å². The Morgan fingerprint density at radius 3 is 2.43 bits per heavy atom. The third kappa shape index (κ3) is 4.60. The van der Waals surface area contributed by atoms with E-state index in [2.05, 4.69) is 10.3 Å². The van der Waals surface area contributed by atoms with Crippen molar-refractivity contribution in [2.75, 3.05) is 6.54 Å². The minimum Gasteiger partial charge on any atom is -0.456 e. The van der Waals surface area contributed by atoms with Crippen LogP contribution in [-0.2, 0) is 12.6 Å². The zero-order chi connectivity index (χ0) is 26.6. The van der Waals surface area contributed by atoms with E-state index in [1.165, 1.54) is 23.5 Å². The molecule has 1 aliphatic heterocycles. The number of pyridine rings is 1. The zero-order valence-electron chi connectivity index (χ0n) is 21.6. The lowest BCUT2D eigenvalue weighted by atomic mass is 9.93. The van der Waals surface area contributed by atoms with Crippen molar-refractivity contribution in [1.29, 1.82) is 0 Å². The molecule has 0 radical (unpaired) electrons. The van der Waals surface area contributed by atoms with Crippen LogP contribution in [0.5, 0.6) is 11.5 Å². The van der Waals surface area contributed by atoms with Gasteiger partial charge in [-0.1, -0.05) is 17.4 Å². The van der Waals surface area contributed by atoms with Gasteiger partial charge in [-0.2, -0.15) is 0 Å². The third-order valence-electron chi connectivity index (χ3n) is 6.42. The van der Waals surface area contributed by atoms with E-state index in [-0.39, 0.29) is 11.4 Å². The summed E-state index contributed by atoms with van der Waals surface area (Å²) >= 11 is 1.37. The summed E-state index contributed by atoms with van der Waals surface area (Å²) < 4.78 is 24.3. The summed E-state index contributed by atoms with van der Waals surface area (Å²) in [7, 11) is 1.72. The highest BCUT2D eigenvalue weighted by atomic mass is 32.1. The Balaban J connectivity index is 1.75. The molecule has 9 heteroatoms. The van der Waals surface area contributed by atoms with Crippen LogP contribution in [0.15, 0.2) is 57.7 Å². The lowest BCUT2D eigenvalue weighted by Crippen LogP contribution is -2.16. The summed E-state index contributed by atoms with van der Waals surface area (Å²) in [5, 5.41) is 20.7. The van der Waals surface area contributed by atoms with Crippen LogP contribution in [0, 0.1) is 19.7 Å². The summed E-state index contributed by atoms with van der Waals surface area (Å²) in [6.45, 7) is 9.51. The number of rotatable bonds is 5. The standard InChI is InChI=1S/C28H28FN4O3S/c1-15-9-19(29)10-16(2)25(15)36-23-8-7-18(28(4,5)35)11-20(23)22-14-32(6)27(34)26-21(22)12-24(37-26)33-13-17(3)30-31-33/h7-12,14,35H,13H2,1-6H3/q+1. The highest BCUT2D eigenvalue weighted by Gasteiger charge is 2.25. The minimum atomic E-state index is -1.10. The Kier molecular flexibility index (Phi) is 6.08. The van der Waals surface area contributed by atoms with Gasteiger partial charge in [0, 0.05) is 42.7 Å². The van der Waals surface area contributed by atoms with Crippen molar-refractivity contribution < 1.29 is 18.9 Å². The molecular weight excluding hydrogens is 491 g/mol. The molecule has 1 N–H and O–H groups in total. The van der Waals surface area contributed by atoms with Gasteiger partial charge in [-0.05, 0) is 68.7 Å². The third-order valence-corrected chi connectivity index (χ3v) is 7.55. The lowest BCUT2D eigenvalue weighted by molar-refractivity contribution is -0.488. The number of nitrogens with zero attached hydrogens (tertiary/aromatic N) is 4. The van der Waals surface area contributed by atoms with Crippen molar-refractivity contribution in [3.63, 3.8) is 0 Å². The second-order valence-corrected chi connectivity index (χ2v) is 11.0. The van der Waals surface area contributed by atoms with Crippen molar-refractivity contribution in [1.82, 2.24) is 4.57 Å². The first-order valence-electron chi connectivity index (χ1n) is 11.9. The van der Waals surface area contributed by atoms with Crippen molar-refractivity contribution >= 4 is 32.1 Å². The van der Waals surface area contributed by atoms with Gasteiger partial charge < -0.3 is 14.4 Å². The Bertz CT molecular complexity index is 1670. The Labute approximate surface area is 217 Å². The van der Waals surface area contributed by atoms with Crippen LogP contribution in [0.1, 0.15) is 37.5 Å². The van der Waals surface area contributed by atoms with Crippen LogP contribution in [0.2, 0.25) is 0 Å². The predicted molar refractivity (Wildman–Crippen MR) is 144 cm³/mol. The molecule has 0 aliphatic carbocycles. The summed E-state index contributed by atoms with van der Waals surface area (Å²) in [4.78, 5) is 13.1. The lowest BCUT2D eigenvalue weighted by Gasteiger charge is -2.22. The minimum absolute atomic E-state index is 0.113. The maximum Gasteiger partial charge on any atom is 0.268 e. The summed E-state index contributed by atoms with van der Waals surface area (Å²) in [6, 6.07) is 10.3. The smallest absolute Gasteiger partial charge is 0.268 e. The number of benzene rings is 2. The molecular formula is C28H28FN4O3S+. The predicted octanol–water partition coefficient (Wildman–Crippen LogP) is 6.53. The summed E-state index contributed by atoms with van der Waals surface area (Å²) in [5.41, 5.74) is 3.20. The van der Waals surface area contributed by atoms with Gasteiger partial charge in [0.25, 0.3) is 5.56 Å². The van der Waals surface area contributed by atoms with Gasteiger partial charge in [-0.25, -0.2) is 4.39 Å². The van der Waals surface area contributed by atoms with E-state index in [1.807, 2.05) is 31.2 Å². The molecule has 0 saturated carbocycles. The molecule has 3 heterocycles. The van der Waals surface area contributed by atoms with E-state index in [9.17, 15) is 14.3 Å². The van der Waals surface area contributed by atoms with Crippen molar-refractivity contribution in [3.8, 4) is 22.6 Å². The number of hydrogen-bond donors (Lipinski definition) is 1. The van der Waals surface area contributed by atoms with Crippen LogP contribution in [0.25, 0.3) is 21.2 Å². The van der Waals surface area contributed by atoms with E-state index in [1.54, 1.807) is 50.2 Å². The molecule has 0 bridgehead atoms. The fourth-order valence-corrected chi connectivity index (χ4v) is 5.57. The fraction of sp³-hybridized carbons (Fsp3) is 0.286. The number of aryl methyl sites for hydroxylation is 3. The molecule has 0 saturated heterocycles. The van der Waals surface area contributed by atoms with Gasteiger partial charge in [0.1, 0.15) is 27.2 Å². The normalized spacial score (nSPS) is 13.7. The second kappa shape index (κ2) is 9.00. The van der Waals surface area contributed by atoms with E-state index in [0.29, 0.717) is 45.0 Å². The van der Waals surface area contributed by atoms with Gasteiger partial charge in [-0.3, -0.25) is 4.79 Å². The largest absolute Gasteiger partial charge is 0.456 e. The Hall–Kier alpha value is -3.69. The highest BCUT2D eigenvalue weighted by Crippen LogP contribution is 2.43. The topological polar surface area (TPSA) is 79.2 Å². The Morgan fingerprint density at radius 1 is 1.11 bits per heavy atom. The molecule has 37 heavy (non-hydrogen) atoms. The van der Waals surface area contributed by atoms with Crippen LogP contribution in [-0.4, -0.2) is 26.6 Å². The first kappa shape index (κ1) is 25.0. The maximum atomic E-state index is 14.0. The fourth-order valence-electron chi connectivity index (χ4n) is 4.47. The zero-order valence-corrected chi connectivity index (χ0v) is 22.4. The molecule has 2 aromatic carbocycles. The van der Waals surface area contributed by atoms with Gasteiger partial charge in [0.2, 0.25) is 5.00 Å². The van der Waals surface area contributed by atoms with Crippen LogP contribution in [0.3, 0.4) is 0 Å². The van der Waals surface area contributed by atoms with Crippen LogP contribution >= 0.6 is 11.3 Å². The second-order valence-electron chi connectivity index (χ2n) is 10.0. The maximum absolute atomic E-state index is 14.0. The van der Waals surface area contributed by atoms with Crippen molar-refractivity contribution in [3.05, 3.63) is 75.5 Å². The van der Waals surface area contributed by atoms with Crippen molar-refractivity contribution in [2.45, 2.75) is 40.2 Å². The first-order valence-corrected chi connectivity index (χ1v) is 12.7. The van der Waals surface area contributed by atoms with Crippen LogP contribution < -0.4 is 10.3 Å². The molecule has 0 atom stereocenters. The number of thiophene rings is 1. The number of aliphatic hydroxyl groups is 1. The quantitative estimate of drug-likeness (QED) is 0.305. The molecule has 5 rings (SSSR count). The molecule has 190 valence electrons. The van der Waals surface area contributed by atoms with Gasteiger partial charge >= 0.3 is 0 Å². The number of fused-ring (bicyclic) bond motifs is 1.